The average Bonchev–Trinajstić information content (AvgIpc) is 2.52. The number of nitrogens with zero attached hydrogens (tertiary/aromatic N) is 1. The Kier molecular flexibility index (Phi) is 8.73. The van der Waals surface area contributed by atoms with Crippen LogP contribution in [0.5, 0.6) is 0 Å². The van der Waals surface area contributed by atoms with E-state index >= 15 is 0 Å². The van der Waals surface area contributed by atoms with Crippen LogP contribution in [0.2, 0.25) is 0 Å². The summed E-state index contributed by atoms with van der Waals surface area (Å²) in [5.41, 5.74) is 0.965. The molecule has 0 radical (unpaired) electrons. The summed E-state index contributed by atoms with van der Waals surface area (Å²) in [6.45, 7) is 3.02. The van der Waals surface area contributed by atoms with E-state index in [-0.39, 0.29) is 0 Å². The molecule has 1 amide bonds. The van der Waals surface area contributed by atoms with Crippen LogP contribution in [0, 0.1) is 17.2 Å². The lowest BCUT2D eigenvalue weighted by atomic mass is 10.0. The van der Waals surface area contributed by atoms with E-state index in [0.29, 0.717) is 31.8 Å². The molecule has 126 valence electrons. The van der Waals surface area contributed by atoms with Crippen molar-refractivity contribution in [3.63, 3.8) is 0 Å². The first-order valence-corrected chi connectivity index (χ1v) is 7.82. The van der Waals surface area contributed by atoms with Gasteiger partial charge >= 0.3 is 6.09 Å². The third kappa shape index (κ3) is 8.19. The SMILES string of the molecule is C[C@H](CCC#N)CNC[C@H](O)[C@H](Cc1ccccc1)NC(=O)O. The molecule has 1 rings (SSSR count). The van der Waals surface area contributed by atoms with Crippen LogP contribution >= 0.6 is 0 Å². The first-order valence-electron chi connectivity index (χ1n) is 7.82. The Balaban J connectivity index is 2.47. The number of nitrogens with one attached hydrogen (secondary N) is 2. The van der Waals surface area contributed by atoms with Gasteiger partial charge in [-0.05, 0) is 30.9 Å². The van der Waals surface area contributed by atoms with E-state index in [1.807, 2.05) is 37.3 Å². The number of aliphatic hydroxyl groups is 1. The number of nitriles is 1. The molecule has 1 aromatic carbocycles. The Morgan fingerprint density at radius 2 is 2.00 bits per heavy atom. The molecule has 1 aromatic rings. The van der Waals surface area contributed by atoms with E-state index in [1.165, 1.54) is 0 Å². The van der Waals surface area contributed by atoms with Gasteiger partial charge in [0.2, 0.25) is 0 Å². The summed E-state index contributed by atoms with van der Waals surface area (Å²) in [6.07, 6.45) is -0.218. The molecule has 0 heterocycles. The van der Waals surface area contributed by atoms with Crippen LogP contribution in [-0.4, -0.2) is 41.5 Å². The Morgan fingerprint density at radius 3 is 2.61 bits per heavy atom. The van der Waals surface area contributed by atoms with E-state index in [4.69, 9.17) is 10.4 Å². The smallest absolute Gasteiger partial charge is 0.404 e. The third-order valence-corrected chi connectivity index (χ3v) is 3.67. The number of amides is 1. The van der Waals surface area contributed by atoms with E-state index < -0.39 is 18.2 Å². The van der Waals surface area contributed by atoms with Crippen molar-refractivity contribution >= 4 is 6.09 Å². The number of carboxylic acid groups (broad SMARTS) is 1. The second-order valence-corrected chi connectivity index (χ2v) is 5.77. The van der Waals surface area contributed by atoms with Crippen molar-refractivity contribution in [1.82, 2.24) is 10.6 Å². The molecule has 0 saturated heterocycles. The van der Waals surface area contributed by atoms with Crippen molar-refractivity contribution in [2.24, 2.45) is 5.92 Å². The number of aliphatic hydroxyl groups excluding tert-OH is 1. The van der Waals surface area contributed by atoms with E-state index in [9.17, 15) is 9.90 Å². The van der Waals surface area contributed by atoms with Gasteiger partial charge in [-0.2, -0.15) is 5.26 Å². The molecule has 0 fully saturated rings. The zero-order valence-electron chi connectivity index (χ0n) is 13.4. The maximum Gasteiger partial charge on any atom is 0.404 e. The monoisotopic (exact) mass is 319 g/mol. The number of benzene rings is 1. The highest BCUT2D eigenvalue weighted by molar-refractivity contribution is 5.65. The number of hydrogen-bond donors (Lipinski definition) is 4. The minimum absolute atomic E-state index is 0.300. The van der Waals surface area contributed by atoms with Crippen LogP contribution in [0.15, 0.2) is 30.3 Å². The molecule has 3 atom stereocenters. The highest BCUT2D eigenvalue weighted by Gasteiger charge is 2.21. The highest BCUT2D eigenvalue weighted by atomic mass is 16.4. The molecule has 0 aromatic heterocycles. The van der Waals surface area contributed by atoms with Crippen molar-refractivity contribution in [3.8, 4) is 6.07 Å². The fourth-order valence-corrected chi connectivity index (χ4v) is 2.34. The summed E-state index contributed by atoms with van der Waals surface area (Å²) in [6, 6.07) is 11.0. The first-order chi connectivity index (χ1) is 11.0. The van der Waals surface area contributed by atoms with Crippen LogP contribution in [0.3, 0.4) is 0 Å². The van der Waals surface area contributed by atoms with E-state index in [2.05, 4.69) is 16.7 Å². The molecule has 0 aliphatic heterocycles. The summed E-state index contributed by atoms with van der Waals surface area (Å²) in [5.74, 6) is 0.335. The second kappa shape index (κ2) is 10.6. The summed E-state index contributed by atoms with van der Waals surface area (Å²) in [5, 5.41) is 33.3. The normalized spacial score (nSPS) is 14.5. The minimum Gasteiger partial charge on any atom is -0.465 e. The van der Waals surface area contributed by atoms with Crippen molar-refractivity contribution < 1.29 is 15.0 Å². The lowest BCUT2D eigenvalue weighted by Gasteiger charge is -2.24. The standard InChI is InChI=1S/C17H25N3O3/c1-13(6-5-9-18)11-19-12-16(21)15(20-17(22)23)10-14-7-3-2-4-8-14/h2-4,7-8,13,15-16,19-21H,5-6,10-12H2,1H3,(H,22,23)/t13-,15+,16+/m1/s1. The molecular weight excluding hydrogens is 294 g/mol. The van der Waals surface area contributed by atoms with Gasteiger partial charge < -0.3 is 20.8 Å². The minimum atomic E-state index is -1.15. The third-order valence-electron chi connectivity index (χ3n) is 3.67. The van der Waals surface area contributed by atoms with Crippen LogP contribution < -0.4 is 10.6 Å². The second-order valence-electron chi connectivity index (χ2n) is 5.77. The highest BCUT2D eigenvalue weighted by Crippen LogP contribution is 2.07. The summed E-state index contributed by atoms with van der Waals surface area (Å²) < 4.78 is 0. The number of rotatable bonds is 10. The Bertz CT molecular complexity index is 502. The molecule has 0 aliphatic rings. The van der Waals surface area contributed by atoms with Crippen LogP contribution in [0.1, 0.15) is 25.3 Å². The zero-order valence-corrected chi connectivity index (χ0v) is 13.4. The maximum atomic E-state index is 10.9. The van der Waals surface area contributed by atoms with Gasteiger partial charge in [-0.3, -0.25) is 0 Å². The van der Waals surface area contributed by atoms with Gasteiger partial charge in [0.25, 0.3) is 0 Å². The molecular formula is C17H25N3O3. The van der Waals surface area contributed by atoms with Crippen LogP contribution in [0.4, 0.5) is 4.79 Å². The molecule has 0 aliphatic carbocycles. The molecule has 23 heavy (non-hydrogen) atoms. The van der Waals surface area contributed by atoms with E-state index in [1.54, 1.807) is 0 Å². The van der Waals surface area contributed by atoms with Gasteiger partial charge in [0.1, 0.15) is 0 Å². The topological polar surface area (TPSA) is 105 Å². The first kappa shape index (κ1) is 18.9. The van der Waals surface area contributed by atoms with Crippen molar-refractivity contribution in [2.45, 2.75) is 38.3 Å². The zero-order chi connectivity index (χ0) is 17.1. The van der Waals surface area contributed by atoms with Crippen molar-refractivity contribution in [2.75, 3.05) is 13.1 Å². The quantitative estimate of drug-likeness (QED) is 0.526. The molecule has 6 heteroatoms. The summed E-state index contributed by atoms with van der Waals surface area (Å²) in [4.78, 5) is 10.9. The van der Waals surface area contributed by atoms with Gasteiger partial charge in [-0.1, -0.05) is 37.3 Å². The molecule has 0 bridgehead atoms. The van der Waals surface area contributed by atoms with Crippen LogP contribution in [0.25, 0.3) is 0 Å². The lowest BCUT2D eigenvalue weighted by molar-refractivity contribution is 0.117. The van der Waals surface area contributed by atoms with Crippen molar-refractivity contribution in [3.05, 3.63) is 35.9 Å². The molecule has 0 unspecified atom stereocenters. The number of hydrogen-bond acceptors (Lipinski definition) is 4. The maximum absolute atomic E-state index is 10.9. The average molecular weight is 319 g/mol. The van der Waals surface area contributed by atoms with Gasteiger partial charge in [-0.15, -0.1) is 0 Å². The Hall–Kier alpha value is -2.10. The molecule has 6 nitrogen and oxygen atoms in total. The molecule has 0 saturated carbocycles. The Morgan fingerprint density at radius 1 is 1.30 bits per heavy atom. The largest absolute Gasteiger partial charge is 0.465 e. The van der Waals surface area contributed by atoms with Gasteiger partial charge in [-0.25, -0.2) is 4.79 Å². The van der Waals surface area contributed by atoms with Gasteiger partial charge in [0, 0.05) is 13.0 Å². The molecule has 4 N–H and O–H groups in total. The molecule has 0 spiro atoms. The number of carbonyl (C=O) groups is 1. The fourth-order valence-electron chi connectivity index (χ4n) is 2.34. The predicted octanol–water partition coefficient (Wildman–Crippen LogP) is 1.76. The summed E-state index contributed by atoms with van der Waals surface area (Å²) >= 11 is 0. The van der Waals surface area contributed by atoms with Crippen molar-refractivity contribution in [1.29, 1.82) is 5.26 Å². The van der Waals surface area contributed by atoms with Gasteiger partial charge in [0.15, 0.2) is 0 Å². The van der Waals surface area contributed by atoms with E-state index in [0.717, 1.165) is 12.0 Å². The predicted molar refractivity (Wildman–Crippen MR) is 88.0 cm³/mol. The Labute approximate surface area is 137 Å². The van der Waals surface area contributed by atoms with Gasteiger partial charge in [0.05, 0.1) is 18.2 Å². The van der Waals surface area contributed by atoms with Crippen LogP contribution in [-0.2, 0) is 6.42 Å². The lowest BCUT2D eigenvalue weighted by Crippen LogP contribution is -2.48. The fraction of sp³-hybridized carbons (Fsp3) is 0.529. The summed E-state index contributed by atoms with van der Waals surface area (Å²) in [7, 11) is 0.